The Balaban J connectivity index is 1.38. The second-order valence-corrected chi connectivity index (χ2v) is 7.16. The monoisotopic (exact) mass is 401 g/mol. The summed E-state index contributed by atoms with van der Waals surface area (Å²) in [4.78, 5) is 36.0. The standard InChI is InChI=1S/C21H19N7O2/c1-26-19(15(11-23-26)21(30)27-9-4-10-27)20(29)25-17-12-28(13-22-17)18-8-7-14-5-2-3-6-16(14)24-18/h2-3,5-8,11-13H,4,9-10H2,1H3,(H,25,29). The van der Waals surface area contributed by atoms with E-state index in [1.165, 1.54) is 10.9 Å². The zero-order valence-electron chi connectivity index (χ0n) is 16.3. The minimum absolute atomic E-state index is 0.176. The third-order valence-corrected chi connectivity index (χ3v) is 5.20. The third kappa shape index (κ3) is 3.10. The van der Waals surface area contributed by atoms with Crippen molar-refractivity contribution in [2.45, 2.75) is 6.42 Å². The molecule has 0 radical (unpaired) electrons. The number of pyridine rings is 1. The molecule has 1 aromatic carbocycles. The summed E-state index contributed by atoms with van der Waals surface area (Å²) in [6.07, 6.45) is 5.69. The second kappa shape index (κ2) is 7.11. The average Bonchev–Trinajstić information content (AvgIpc) is 3.33. The molecule has 30 heavy (non-hydrogen) atoms. The summed E-state index contributed by atoms with van der Waals surface area (Å²) in [6.45, 7) is 1.41. The van der Waals surface area contributed by atoms with E-state index in [2.05, 4.69) is 20.4 Å². The number of aryl methyl sites for hydroxylation is 1. The lowest BCUT2D eigenvalue weighted by Gasteiger charge is -2.30. The minimum atomic E-state index is -0.435. The lowest BCUT2D eigenvalue weighted by Crippen LogP contribution is -2.42. The van der Waals surface area contributed by atoms with E-state index < -0.39 is 5.91 Å². The highest BCUT2D eigenvalue weighted by atomic mass is 16.2. The van der Waals surface area contributed by atoms with Gasteiger partial charge >= 0.3 is 0 Å². The van der Waals surface area contributed by atoms with Crippen molar-refractivity contribution in [2.75, 3.05) is 18.4 Å². The molecule has 1 fully saturated rings. The Labute approximate surface area is 172 Å². The molecule has 3 aromatic heterocycles. The van der Waals surface area contributed by atoms with Crippen molar-refractivity contribution in [3.05, 3.63) is 66.4 Å². The van der Waals surface area contributed by atoms with Gasteiger partial charge in [-0.25, -0.2) is 9.97 Å². The van der Waals surface area contributed by atoms with Crippen LogP contribution >= 0.6 is 0 Å². The number of aromatic nitrogens is 5. The van der Waals surface area contributed by atoms with Gasteiger partial charge in [0.05, 0.1) is 23.5 Å². The van der Waals surface area contributed by atoms with Crippen LogP contribution in [0.25, 0.3) is 16.7 Å². The van der Waals surface area contributed by atoms with E-state index in [4.69, 9.17) is 0 Å². The number of hydrogen-bond donors (Lipinski definition) is 1. The van der Waals surface area contributed by atoms with Crippen LogP contribution in [-0.4, -0.2) is 54.1 Å². The SMILES string of the molecule is Cn1ncc(C(=O)N2CCC2)c1C(=O)Nc1cn(-c2ccc3ccccc3n2)cn1. The average molecular weight is 401 g/mol. The van der Waals surface area contributed by atoms with Crippen molar-refractivity contribution in [3.8, 4) is 5.82 Å². The number of benzene rings is 1. The molecule has 1 aliphatic heterocycles. The van der Waals surface area contributed by atoms with Crippen LogP contribution in [0.4, 0.5) is 5.82 Å². The minimum Gasteiger partial charge on any atom is -0.338 e. The van der Waals surface area contributed by atoms with Crippen LogP contribution in [0.5, 0.6) is 0 Å². The number of fused-ring (bicyclic) bond motifs is 1. The Bertz CT molecular complexity index is 1270. The maximum absolute atomic E-state index is 12.9. The maximum atomic E-state index is 12.9. The second-order valence-electron chi connectivity index (χ2n) is 7.16. The third-order valence-electron chi connectivity index (χ3n) is 5.20. The summed E-state index contributed by atoms with van der Waals surface area (Å²) in [5.41, 5.74) is 1.38. The Morgan fingerprint density at radius 2 is 1.93 bits per heavy atom. The number of imidazole rings is 1. The predicted octanol–water partition coefficient (Wildman–Crippen LogP) is 2.25. The number of nitrogens with one attached hydrogen (secondary N) is 1. The van der Waals surface area contributed by atoms with Crippen molar-refractivity contribution < 1.29 is 9.59 Å². The molecule has 1 N–H and O–H groups in total. The number of likely N-dealkylation sites (tertiary alicyclic amines) is 1. The summed E-state index contributed by atoms with van der Waals surface area (Å²) < 4.78 is 3.14. The van der Waals surface area contributed by atoms with Crippen molar-refractivity contribution in [1.82, 2.24) is 29.2 Å². The Hall–Kier alpha value is -4.01. The first kappa shape index (κ1) is 18.0. The van der Waals surface area contributed by atoms with E-state index in [9.17, 15) is 9.59 Å². The Morgan fingerprint density at radius 1 is 1.10 bits per heavy atom. The number of hydrogen-bond acceptors (Lipinski definition) is 5. The van der Waals surface area contributed by atoms with E-state index in [0.717, 1.165) is 17.3 Å². The normalized spacial score (nSPS) is 13.3. The van der Waals surface area contributed by atoms with Gasteiger partial charge in [0.2, 0.25) is 0 Å². The van der Waals surface area contributed by atoms with Crippen LogP contribution in [0.1, 0.15) is 27.3 Å². The first-order valence-electron chi connectivity index (χ1n) is 9.63. The molecule has 0 atom stereocenters. The van der Waals surface area contributed by atoms with Crippen LogP contribution in [0.2, 0.25) is 0 Å². The fourth-order valence-electron chi connectivity index (χ4n) is 3.44. The lowest BCUT2D eigenvalue weighted by molar-refractivity contribution is 0.0648. The predicted molar refractivity (Wildman–Crippen MR) is 111 cm³/mol. The van der Waals surface area contributed by atoms with Gasteiger partial charge in [0, 0.05) is 25.5 Å². The van der Waals surface area contributed by atoms with Gasteiger partial charge in [-0.15, -0.1) is 0 Å². The quantitative estimate of drug-likeness (QED) is 0.566. The number of carbonyl (C=O) groups excluding carboxylic acids is 2. The summed E-state index contributed by atoms with van der Waals surface area (Å²) in [5.74, 6) is 0.440. The van der Waals surface area contributed by atoms with Crippen molar-refractivity contribution in [3.63, 3.8) is 0 Å². The molecule has 0 unspecified atom stereocenters. The number of nitrogens with zero attached hydrogens (tertiary/aromatic N) is 6. The summed E-state index contributed by atoms with van der Waals surface area (Å²) >= 11 is 0. The molecule has 1 aliphatic rings. The maximum Gasteiger partial charge on any atom is 0.275 e. The van der Waals surface area contributed by atoms with Gasteiger partial charge in [-0.3, -0.25) is 18.8 Å². The molecule has 4 aromatic rings. The van der Waals surface area contributed by atoms with Crippen molar-refractivity contribution >= 4 is 28.5 Å². The molecule has 4 heterocycles. The Morgan fingerprint density at radius 3 is 2.73 bits per heavy atom. The fraction of sp³-hybridized carbons (Fsp3) is 0.190. The molecule has 5 rings (SSSR count). The molecule has 9 nitrogen and oxygen atoms in total. The first-order valence-corrected chi connectivity index (χ1v) is 9.63. The fourth-order valence-corrected chi connectivity index (χ4v) is 3.44. The van der Waals surface area contributed by atoms with Crippen molar-refractivity contribution in [1.29, 1.82) is 0 Å². The molecule has 150 valence electrons. The Kier molecular flexibility index (Phi) is 4.27. The molecule has 0 bridgehead atoms. The van der Waals surface area contributed by atoms with E-state index in [0.29, 0.717) is 30.3 Å². The summed E-state index contributed by atoms with van der Waals surface area (Å²) in [5, 5.41) is 7.89. The van der Waals surface area contributed by atoms with E-state index >= 15 is 0 Å². The highest BCUT2D eigenvalue weighted by Gasteiger charge is 2.28. The van der Waals surface area contributed by atoms with E-state index in [1.54, 1.807) is 29.0 Å². The number of para-hydroxylation sites is 1. The zero-order chi connectivity index (χ0) is 20.7. The highest BCUT2D eigenvalue weighted by molar-refractivity contribution is 6.10. The van der Waals surface area contributed by atoms with Gasteiger partial charge in [-0.2, -0.15) is 5.10 Å². The van der Waals surface area contributed by atoms with Gasteiger partial charge in [0.25, 0.3) is 11.8 Å². The highest BCUT2D eigenvalue weighted by Crippen LogP contribution is 2.19. The molecule has 0 aliphatic carbocycles. The van der Waals surface area contributed by atoms with Gasteiger partial charge in [-0.1, -0.05) is 18.2 Å². The van der Waals surface area contributed by atoms with Crippen LogP contribution in [0.3, 0.4) is 0 Å². The smallest absolute Gasteiger partial charge is 0.275 e. The molecule has 2 amide bonds. The summed E-state index contributed by atoms with van der Waals surface area (Å²) in [7, 11) is 1.64. The van der Waals surface area contributed by atoms with Crippen molar-refractivity contribution in [2.24, 2.45) is 7.05 Å². The van der Waals surface area contributed by atoms with Crippen LogP contribution in [0, 0.1) is 0 Å². The molecule has 0 saturated carbocycles. The number of rotatable bonds is 4. The zero-order valence-corrected chi connectivity index (χ0v) is 16.3. The lowest BCUT2D eigenvalue weighted by atomic mass is 10.1. The van der Waals surface area contributed by atoms with E-state index in [-0.39, 0.29) is 11.6 Å². The molecular weight excluding hydrogens is 382 g/mol. The van der Waals surface area contributed by atoms with E-state index in [1.807, 2.05) is 36.4 Å². The van der Waals surface area contributed by atoms with Gasteiger partial charge in [0.1, 0.15) is 17.8 Å². The van der Waals surface area contributed by atoms with Crippen LogP contribution in [0.15, 0.2) is 55.1 Å². The molecule has 1 saturated heterocycles. The van der Waals surface area contributed by atoms with Crippen LogP contribution < -0.4 is 5.32 Å². The topological polar surface area (TPSA) is 97.9 Å². The summed E-state index contributed by atoms with van der Waals surface area (Å²) in [6, 6.07) is 11.7. The first-order chi connectivity index (χ1) is 14.6. The number of amides is 2. The number of anilines is 1. The molecular formula is C21H19N7O2. The largest absolute Gasteiger partial charge is 0.338 e. The van der Waals surface area contributed by atoms with Gasteiger partial charge in [-0.05, 0) is 24.6 Å². The number of carbonyl (C=O) groups is 2. The molecule has 9 heteroatoms. The van der Waals surface area contributed by atoms with Crippen LogP contribution in [-0.2, 0) is 7.05 Å². The van der Waals surface area contributed by atoms with Gasteiger partial charge < -0.3 is 10.2 Å². The van der Waals surface area contributed by atoms with Gasteiger partial charge in [0.15, 0.2) is 5.82 Å². The molecule has 0 spiro atoms.